The fraction of sp³-hybridized carbons (Fsp3) is 0.455. The van der Waals surface area contributed by atoms with Crippen molar-refractivity contribution < 1.29 is 9.94 Å². The van der Waals surface area contributed by atoms with Crippen molar-refractivity contribution in [2.45, 2.75) is 6.42 Å². The van der Waals surface area contributed by atoms with Gasteiger partial charge in [0.2, 0.25) is 0 Å². The largest absolute Gasteiger partial charge is 0.409 e. The number of nitrogens with two attached hydrogens (primary N) is 1. The first-order valence-electron chi connectivity index (χ1n) is 5.33. The number of nitrogens with zero attached hydrogens (tertiary/aromatic N) is 3. The molecule has 0 bridgehead atoms. The highest BCUT2D eigenvalue weighted by Crippen LogP contribution is 2.13. The van der Waals surface area contributed by atoms with Crippen molar-refractivity contribution in [2.75, 3.05) is 32.2 Å². The van der Waals surface area contributed by atoms with Crippen molar-refractivity contribution >= 4 is 11.5 Å². The van der Waals surface area contributed by atoms with Crippen LogP contribution < -0.4 is 10.6 Å². The van der Waals surface area contributed by atoms with Crippen LogP contribution in [-0.2, 0) is 4.74 Å². The highest BCUT2D eigenvalue weighted by molar-refractivity contribution is 5.95. The molecule has 0 aromatic carbocycles. The van der Waals surface area contributed by atoms with Gasteiger partial charge in [-0.15, -0.1) is 0 Å². The van der Waals surface area contributed by atoms with Crippen molar-refractivity contribution in [3.05, 3.63) is 24.0 Å². The predicted octanol–water partition coefficient (Wildman–Crippen LogP) is 0.649. The van der Waals surface area contributed by atoms with Crippen LogP contribution in [0.3, 0.4) is 0 Å². The Balaban J connectivity index is 2.70. The van der Waals surface area contributed by atoms with Crippen molar-refractivity contribution in [3.63, 3.8) is 0 Å². The summed E-state index contributed by atoms with van der Waals surface area (Å²) in [4.78, 5) is 6.09. The van der Waals surface area contributed by atoms with Crippen LogP contribution in [0.25, 0.3) is 0 Å². The van der Waals surface area contributed by atoms with Crippen molar-refractivity contribution in [3.8, 4) is 0 Å². The van der Waals surface area contributed by atoms with Crippen LogP contribution in [0, 0.1) is 0 Å². The van der Waals surface area contributed by atoms with Crippen molar-refractivity contribution in [1.82, 2.24) is 4.98 Å². The topological polar surface area (TPSA) is 84.0 Å². The summed E-state index contributed by atoms with van der Waals surface area (Å²) >= 11 is 0. The molecule has 0 aliphatic carbocycles. The molecule has 94 valence electrons. The maximum absolute atomic E-state index is 8.58. The molecule has 0 unspecified atom stereocenters. The molecule has 0 spiro atoms. The molecule has 0 aliphatic heterocycles. The zero-order chi connectivity index (χ0) is 12.7. The quantitative estimate of drug-likeness (QED) is 0.250. The molecular weight excluding hydrogens is 220 g/mol. The number of rotatable bonds is 6. The fourth-order valence-corrected chi connectivity index (χ4v) is 1.42. The maximum Gasteiger partial charge on any atom is 0.188 e. The zero-order valence-corrected chi connectivity index (χ0v) is 10.1. The average molecular weight is 238 g/mol. The standard InChI is InChI=1S/C11H18N4O2/c1-15(6-3-7-17-2)9-4-5-13-10(8-9)11(12)14-16/h4-5,8,16H,3,6-7H2,1-2H3,(H2,12,14). The summed E-state index contributed by atoms with van der Waals surface area (Å²) in [6, 6.07) is 3.66. The monoisotopic (exact) mass is 238 g/mol. The van der Waals surface area contributed by atoms with Crippen LogP contribution in [0.1, 0.15) is 12.1 Å². The Morgan fingerprint density at radius 3 is 3.06 bits per heavy atom. The number of aromatic nitrogens is 1. The van der Waals surface area contributed by atoms with E-state index in [9.17, 15) is 0 Å². The summed E-state index contributed by atoms with van der Waals surface area (Å²) < 4.78 is 5.00. The molecular formula is C11H18N4O2. The van der Waals surface area contributed by atoms with Gasteiger partial charge in [-0.25, -0.2) is 0 Å². The molecule has 6 nitrogen and oxygen atoms in total. The van der Waals surface area contributed by atoms with Gasteiger partial charge in [-0.05, 0) is 18.6 Å². The Morgan fingerprint density at radius 2 is 2.41 bits per heavy atom. The highest BCUT2D eigenvalue weighted by Gasteiger charge is 2.05. The molecule has 1 aromatic heterocycles. The maximum atomic E-state index is 8.58. The second kappa shape index (κ2) is 6.70. The van der Waals surface area contributed by atoms with Gasteiger partial charge in [0.15, 0.2) is 5.84 Å². The lowest BCUT2D eigenvalue weighted by molar-refractivity contribution is 0.196. The molecule has 3 N–H and O–H groups in total. The van der Waals surface area contributed by atoms with E-state index in [-0.39, 0.29) is 5.84 Å². The summed E-state index contributed by atoms with van der Waals surface area (Å²) in [7, 11) is 3.66. The first kappa shape index (κ1) is 13.2. The van der Waals surface area contributed by atoms with E-state index in [0.717, 1.165) is 25.3 Å². The minimum absolute atomic E-state index is 0.0112. The average Bonchev–Trinajstić information content (AvgIpc) is 2.38. The number of anilines is 1. The van der Waals surface area contributed by atoms with Gasteiger partial charge in [-0.3, -0.25) is 4.98 Å². The number of ether oxygens (including phenoxy) is 1. The summed E-state index contributed by atoms with van der Waals surface area (Å²) in [5.41, 5.74) is 6.92. The molecule has 0 saturated heterocycles. The molecule has 0 saturated carbocycles. The van der Waals surface area contributed by atoms with Gasteiger partial charge < -0.3 is 20.6 Å². The van der Waals surface area contributed by atoms with E-state index < -0.39 is 0 Å². The molecule has 1 rings (SSSR count). The summed E-state index contributed by atoms with van der Waals surface area (Å²) in [6.07, 6.45) is 2.57. The third-order valence-corrected chi connectivity index (χ3v) is 2.40. The SMILES string of the molecule is COCCCN(C)c1ccnc(C(N)=NO)c1. The normalized spacial score (nSPS) is 11.5. The molecule has 6 heteroatoms. The lowest BCUT2D eigenvalue weighted by Crippen LogP contribution is -2.21. The van der Waals surface area contributed by atoms with Gasteiger partial charge in [-0.2, -0.15) is 0 Å². The smallest absolute Gasteiger partial charge is 0.188 e. The predicted molar refractivity (Wildman–Crippen MR) is 66.5 cm³/mol. The molecule has 0 aliphatic rings. The van der Waals surface area contributed by atoms with E-state index in [1.165, 1.54) is 0 Å². The Labute approximate surface area is 101 Å². The van der Waals surface area contributed by atoms with Crippen LogP contribution >= 0.6 is 0 Å². The van der Waals surface area contributed by atoms with Crippen LogP contribution in [0.4, 0.5) is 5.69 Å². The number of oxime groups is 1. The Morgan fingerprint density at radius 1 is 1.65 bits per heavy atom. The van der Waals surface area contributed by atoms with Gasteiger partial charge in [0.05, 0.1) is 0 Å². The molecule has 0 atom stereocenters. The molecule has 0 radical (unpaired) electrons. The van der Waals surface area contributed by atoms with E-state index in [2.05, 4.69) is 15.0 Å². The Bertz CT molecular complexity index is 381. The first-order valence-corrected chi connectivity index (χ1v) is 5.33. The second-order valence-corrected chi connectivity index (χ2v) is 3.65. The first-order chi connectivity index (χ1) is 8.19. The molecule has 1 heterocycles. The summed E-state index contributed by atoms with van der Waals surface area (Å²) in [5, 5.41) is 11.5. The van der Waals surface area contributed by atoms with Gasteiger partial charge in [0, 0.05) is 39.2 Å². The fourth-order valence-electron chi connectivity index (χ4n) is 1.42. The molecule has 0 fully saturated rings. The molecule has 1 aromatic rings. The Hall–Kier alpha value is -1.82. The van der Waals surface area contributed by atoms with Crippen molar-refractivity contribution in [1.29, 1.82) is 0 Å². The van der Waals surface area contributed by atoms with Crippen molar-refractivity contribution in [2.24, 2.45) is 10.9 Å². The van der Waals surface area contributed by atoms with E-state index in [1.54, 1.807) is 19.4 Å². The van der Waals surface area contributed by atoms with Gasteiger partial charge >= 0.3 is 0 Å². The third kappa shape index (κ3) is 3.92. The highest BCUT2D eigenvalue weighted by atomic mass is 16.5. The van der Waals surface area contributed by atoms with E-state index >= 15 is 0 Å². The van der Waals surface area contributed by atoms with Gasteiger partial charge in [0.1, 0.15) is 5.69 Å². The molecule has 17 heavy (non-hydrogen) atoms. The lowest BCUT2D eigenvalue weighted by Gasteiger charge is -2.19. The Kier molecular flexibility index (Phi) is 5.22. The number of amidine groups is 1. The van der Waals surface area contributed by atoms with Crippen LogP contribution in [0.5, 0.6) is 0 Å². The summed E-state index contributed by atoms with van der Waals surface area (Å²) in [6.45, 7) is 1.59. The third-order valence-electron chi connectivity index (χ3n) is 2.40. The number of pyridine rings is 1. The van der Waals surface area contributed by atoms with Gasteiger partial charge in [0.25, 0.3) is 0 Å². The van der Waals surface area contributed by atoms with E-state index in [0.29, 0.717) is 5.69 Å². The van der Waals surface area contributed by atoms with Crippen LogP contribution in [0.15, 0.2) is 23.5 Å². The van der Waals surface area contributed by atoms with E-state index in [1.807, 2.05) is 13.1 Å². The van der Waals surface area contributed by atoms with Crippen LogP contribution in [0.2, 0.25) is 0 Å². The molecule has 0 amide bonds. The van der Waals surface area contributed by atoms with E-state index in [4.69, 9.17) is 15.7 Å². The number of hydrogen-bond donors (Lipinski definition) is 2. The zero-order valence-electron chi connectivity index (χ0n) is 10.1. The number of methoxy groups -OCH3 is 1. The minimum atomic E-state index is 0.0112. The lowest BCUT2D eigenvalue weighted by atomic mass is 10.2. The van der Waals surface area contributed by atoms with Crippen LogP contribution in [-0.4, -0.2) is 43.3 Å². The minimum Gasteiger partial charge on any atom is -0.409 e. The second-order valence-electron chi connectivity index (χ2n) is 3.65. The van der Waals surface area contributed by atoms with Gasteiger partial charge in [-0.1, -0.05) is 5.16 Å². The number of hydrogen-bond acceptors (Lipinski definition) is 5. The summed E-state index contributed by atoms with van der Waals surface area (Å²) in [5.74, 6) is 0.0112.